The van der Waals surface area contributed by atoms with E-state index in [1.54, 1.807) is 62.4 Å². The zero-order valence-electron chi connectivity index (χ0n) is 22.4. The Hall–Kier alpha value is -3.24. The van der Waals surface area contributed by atoms with Gasteiger partial charge in [0.1, 0.15) is 5.60 Å². The number of ether oxygens (including phenoxy) is 3. The second kappa shape index (κ2) is 10.6. The summed E-state index contributed by atoms with van der Waals surface area (Å²) in [5, 5.41) is 0.453. The van der Waals surface area contributed by atoms with Gasteiger partial charge in [-0.15, -0.1) is 0 Å². The lowest BCUT2D eigenvalue weighted by Gasteiger charge is -2.42. The standard InChI is InChI=1S/C30H30ClNO7S/c1-4-37-27(33)30(28(34)38-5-2)29(25-9-7-6-8-22(25)19-39-29)18-26(21-12-14-23(31)15-13-21)32(30)40(35,36)24-16-10-20(3)11-17-24/h6-17,26H,4-5,18-19H2,1-3H3/t26-,29-/m0/s1. The molecule has 1 spiro atoms. The van der Waals surface area contributed by atoms with Gasteiger partial charge in [-0.3, -0.25) is 0 Å². The van der Waals surface area contributed by atoms with Crippen molar-refractivity contribution >= 4 is 33.6 Å². The van der Waals surface area contributed by atoms with Crippen molar-refractivity contribution < 1.29 is 32.2 Å². The highest BCUT2D eigenvalue weighted by Gasteiger charge is 2.79. The lowest BCUT2D eigenvalue weighted by Crippen LogP contribution is -2.68. The van der Waals surface area contributed by atoms with E-state index >= 15 is 0 Å². The Morgan fingerprint density at radius 3 is 2.15 bits per heavy atom. The predicted octanol–water partition coefficient (Wildman–Crippen LogP) is 5.07. The van der Waals surface area contributed by atoms with Crippen molar-refractivity contribution in [2.75, 3.05) is 13.2 Å². The molecule has 0 amide bonds. The normalized spacial score (nSPS) is 21.8. The van der Waals surface area contributed by atoms with Crippen molar-refractivity contribution in [3.63, 3.8) is 0 Å². The zero-order chi connectivity index (χ0) is 28.7. The number of carbonyl (C=O) groups is 2. The Labute approximate surface area is 238 Å². The molecule has 2 atom stereocenters. The fraction of sp³-hybridized carbons (Fsp3) is 0.333. The number of sulfonamides is 1. The highest BCUT2D eigenvalue weighted by Crippen LogP contribution is 2.62. The summed E-state index contributed by atoms with van der Waals surface area (Å²) < 4.78 is 47.9. The number of aryl methyl sites for hydroxylation is 1. The van der Waals surface area contributed by atoms with Crippen LogP contribution < -0.4 is 0 Å². The van der Waals surface area contributed by atoms with Crippen LogP contribution in [0.4, 0.5) is 0 Å². The van der Waals surface area contributed by atoms with Crippen LogP contribution in [0.2, 0.25) is 5.02 Å². The number of fused-ring (bicyclic) bond motifs is 2. The number of rotatable bonds is 7. The van der Waals surface area contributed by atoms with E-state index in [1.807, 2.05) is 19.1 Å². The van der Waals surface area contributed by atoms with Gasteiger partial charge >= 0.3 is 11.9 Å². The molecule has 0 aromatic heterocycles. The van der Waals surface area contributed by atoms with E-state index in [0.29, 0.717) is 16.1 Å². The average molecular weight is 584 g/mol. The van der Waals surface area contributed by atoms with Crippen molar-refractivity contribution in [1.29, 1.82) is 0 Å². The fourth-order valence-electron chi connectivity index (χ4n) is 5.88. The molecule has 0 bridgehead atoms. The molecule has 40 heavy (non-hydrogen) atoms. The summed E-state index contributed by atoms with van der Waals surface area (Å²) in [7, 11) is -4.54. The topological polar surface area (TPSA) is 99.2 Å². The number of esters is 2. The third kappa shape index (κ3) is 4.15. The number of hydrogen-bond donors (Lipinski definition) is 0. The van der Waals surface area contributed by atoms with Crippen molar-refractivity contribution in [2.45, 2.75) is 55.9 Å². The molecule has 210 valence electrons. The molecule has 10 heteroatoms. The van der Waals surface area contributed by atoms with Crippen LogP contribution in [0.5, 0.6) is 0 Å². The maximum atomic E-state index is 14.7. The van der Waals surface area contributed by atoms with Crippen LogP contribution in [-0.2, 0) is 46.0 Å². The van der Waals surface area contributed by atoms with Gasteiger partial charge in [0.05, 0.1) is 30.8 Å². The third-order valence-electron chi connectivity index (χ3n) is 7.58. The third-order valence-corrected chi connectivity index (χ3v) is 9.75. The number of hydrogen-bond acceptors (Lipinski definition) is 7. The van der Waals surface area contributed by atoms with Crippen molar-refractivity contribution in [1.82, 2.24) is 4.31 Å². The smallest absolute Gasteiger partial charge is 0.342 e. The highest BCUT2D eigenvalue weighted by atomic mass is 35.5. The molecule has 0 unspecified atom stereocenters. The summed E-state index contributed by atoms with van der Waals surface area (Å²) >= 11 is 6.18. The van der Waals surface area contributed by atoms with E-state index < -0.39 is 39.1 Å². The van der Waals surface area contributed by atoms with E-state index in [2.05, 4.69) is 0 Å². The first-order valence-corrected chi connectivity index (χ1v) is 14.9. The van der Waals surface area contributed by atoms with E-state index in [-0.39, 0.29) is 31.1 Å². The second-order valence-corrected chi connectivity index (χ2v) is 12.1. The van der Waals surface area contributed by atoms with Gasteiger partial charge in [-0.2, -0.15) is 4.31 Å². The lowest BCUT2D eigenvalue weighted by molar-refractivity contribution is -0.190. The van der Waals surface area contributed by atoms with Gasteiger partial charge < -0.3 is 14.2 Å². The molecule has 3 aromatic rings. The molecule has 0 N–H and O–H groups in total. The molecular formula is C30H30ClNO7S. The number of benzene rings is 3. The maximum Gasteiger partial charge on any atom is 0.342 e. The molecule has 0 aliphatic carbocycles. The molecule has 5 rings (SSSR count). The molecule has 1 saturated heterocycles. The fourth-order valence-corrected chi connectivity index (χ4v) is 7.90. The molecule has 2 heterocycles. The first-order chi connectivity index (χ1) is 19.1. The Morgan fingerprint density at radius 2 is 1.55 bits per heavy atom. The van der Waals surface area contributed by atoms with Crippen LogP contribution in [0.15, 0.2) is 77.7 Å². The van der Waals surface area contributed by atoms with E-state index in [4.69, 9.17) is 25.8 Å². The summed E-state index contributed by atoms with van der Waals surface area (Å²) in [4.78, 5) is 28.5. The van der Waals surface area contributed by atoms with Gasteiger partial charge in [-0.05, 0) is 61.7 Å². The monoisotopic (exact) mass is 583 g/mol. The van der Waals surface area contributed by atoms with Gasteiger partial charge in [0.15, 0.2) is 0 Å². The van der Waals surface area contributed by atoms with E-state index in [0.717, 1.165) is 15.4 Å². The van der Waals surface area contributed by atoms with Crippen LogP contribution in [0.3, 0.4) is 0 Å². The highest BCUT2D eigenvalue weighted by molar-refractivity contribution is 7.89. The Morgan fingerprint density at radius 1 is 0.950 bits per heavy atom. The number of nitrogens with zero attached hydrogens (tertiary/aromatic N) is 1. The van der Waals surface area contributed by atoms with Crippen molar-refractivity contribution in [2.24, 2.45) is 0 Å². The van der Waals surface area contributed by atoms with Crippen molar-refractivity contribution in [3.05, 3.63) is 100 Å². The molecule has 2 aliphatic heterocycles. The summed E-state index contributed by atoms with van der Waals surface area (Å²) in [6.07, 6.45) is -0.0473. The SMILES string of the molecule is CCOC(=O)C1(C(=O)OCC)N(S(=O)(=O)c2ccc(C)cc2)[C@H](c2ccc(Cl)cc2)C[C@@]12OCc1ccccc12. The van der Waals surface area contributed by atoms with Gasteiger partial charge in [-0.1, -0.05) is 65.7 Å². The minimum Gasteiger partial charge on any atom is -0.464 e. The van der Waals surface area contributed by atoms with Crippen LogP contribution in [0.25, 0.3) is 0 Å². The minimum absolute atomic E-state index is 0.0473. The van der Waals surface area contributed by atoms with Crippen molar-refractivity contribution in [3.8, 4) is 0 Å². The van der Waals surface area contributed by atoms with Crippen LogP contribution in [0, 0.1) is 6.92 Å². The minimum atomic E-state index is -4.54. The second-order valence-electron chi connectivity index (χ2n) is 9.81. The van der Waals surface area contributed by atoms with Gasteiger partial charge in [0.25, 0.3) is 5.54 Å². The van der Waals surface area contributed by atoms with Gasteiger partial charge in [-0.25, -0.2) is 18.0 Å². The van der Waals surface area contributed by atoms with E-state index in [9.17, 15) is 18.0 Å². The van der Waals surface area contributed by atoms with Gasteiger partial charge in [0, 0.05) is 11.4 Å². The quantitative estimate of drug-likeness (QED) is 0.283. The molecular weight excluding hydrogens is 554 g/mol. The molecule has 0 saturated carbocycles. The maximum absolute atomic E-state index is 14.7. The van der Waals surface area contributed by atoms with Crippen LogP contribution in [0.1, 0.15) is 48.6 Å². The van der Waals surface area contributed by atoms with Gasteiger partial charge in [0.2, 0.25) is 10.0 Å². The molecule has 1 fully saturated rings. The summed E-state index contributed by atoms with van der Waals surface area (Å²) in [6, 6.07) is 19.1. The Bertz CT molecular complexity index is 1520. The lowest BCUT2D eigenvalue weighted by atomic mass is 9.74. The number of halogens is 1. The molecule has 3 aromatic carbocycles. The average Bonchev–Trinajstić information content (AvgIpc) is 3.47. The Balaban J connectivity index is 1.90. The first kappa shape index (κ1) is 28.3. The zero-order valence-corrected chi connectivity index (χ0v) is 24.0. The largest absolute Gasteiger partial charge is 0.464 e. The molecule has 2 aliphatic rings. The molecule has 8 nitrogen and oxygen atoms in total. The summed E-state index contributed by atoms with van der Waals surface area (Å²) in [5.41, 5.74) is -1.60. The van der Waals surface area contributed by atoms with Crippen LogP contribution in [-0.4, -0.2) is 43.4 Å². The summed E-state index contributed by atoms with van der Waals surface area (Å²) in [6.45, 7) is 4.91. The van der Waals surface area contributed by atoms with Crippen LogP contribution >= 0.6 is 11.6 Å². The molecule has 0 radical (unpaired) electrons. The predicted molar refractivity (Wildman–Crippen MR) is 148 cm³/mol. The summed E-state index contributed by atoms with van der Waals surface area (Å²) in [5.74, 6) is -2.12. The first-order valence-electron chi connectivity index (χ1n) is 13.1. The Kier molecular flexibility index (Phi) is 7.52. The van der Waals surface area contributed by atoms with E-state index in [1.165, 1.54) is 12.1 Å². The number of carbonyl (C=O) groups excluding carboxylic acids is 2.